The first-order valence-electron chi connectivity index (χ1n) is 6.62. The van der Waals surface area contributed by atoms with Gasteiger partial charge < -0.3 is 10.5 Å². The minimum absolute atomic E-state index is 0.277. The van der Waals surface area contributed by atoms with E-state index in [0.717, 1.165) is 40.3 Å². The molecule has 0 bridgehead atoms. The summed E-state index contributed by atoms with van der Waals surface area (Å²) in [6.07, 6.45) is 5.67. The molecule has 1 fully saturated rings. The van der Waals surface area contributed by atoms with Crippen molar-refractivity contribution in [1.29, 1.82) is 0 Å². The van der Waals surface area contributed by atoms with Gasteiger partial charge in [0.25, 0.3) is 0 Å². The summed E-state index contributed by atoms with van der Waals surface area (Å²) in [5.41, 5.74) is 9.60. The summed E-state index contributed by atoms with van der Waals surface area (Å²) in [6.45, 7) is 4.09. The zero-order valence-electron chi connectivity index (χ0n) is 11.5. The van der Waals surface area contributed by atoms with Crippen molar-refractivity contribution in [3.8, 4) is 5.75 Å². The van der Waals surface area contributed by atoms with Gasteiger partial charge in [0, 0.05) is 10.6 Å². The van der Waals surface area contributed by atoms with E-state index in [-0.39, 0.29) is 5.54 Å². The van der Waals surface area contributed by atoms with Crippen LogP contribution in [0, 0.1) is 13.8 Å². The smallest absolute Gasteiger partial charge is 0.125 e. The summed E-state index contributed by atoms with van der Waals surface area (Å²) >= 11 is 6.45. The van der Waals surface area contributed by atoms with E-state index < -0.39 is 0 Å². The molecule has 0 amide bonds. The Morgan fingerprint density at radius 3 is 2.39 bits per heavy atom. The van der Waals surface area contributed by atoms with E-state index in [0.29, 0.717) is 0 Å². The monoisotopic (exact) mass is 267 g/mol. The van der Waals surface area contributed by atoms with Crippen LogP contribution in [0.15, 0.2) is 6.07 Å². The van der Waals surface area contributed by atoms with Gasteiger partial charge in [-0.3, -0.25) is 0 Å². The molecule has 0 saturated heterocycles. The number of ether oxygens (including phenoxy) is 1. The third kappa shape index (κ3) is 2.24. The zero-order chi connectivity index (χ0) is 13.3. The van der Waals surface area contributed by atoms with Crippen molar-refractivity contribution in [2.45, 2.75) is 51.5 Å². The molecular formula is C15H22ClNO. The van der Waals surface area contributed by atoms with E-state index in [2.05, 4.69) is 6.92 Å². The number of hydrogen-bond acceptors (Lipinski definition) is 2. The van der Waals surface area contributed by atoms with Crippen molar-refractivity contribution >= 4 is 11.6 Å². The summed E-state index contributed by atoms with van der Waals surface area (Å²) in [7, 11) is 1.71. The molecule has 0 spiro atoms. The Morgan fingerprint density at radius 2 is 1.83 bits per heavy atom. The van der Waals surface area contributed by atoms with Crippen LogP contribution in [0.2, 0.25) is 5.02 Å². The Kier molecular flexibility index (Phi) is 3.88. The van der Waals surface area contributed by atoms with Crippen molar-refractivity contribution in [1.82, 2.24) is 0 Å². The molecule has 0 unspecified atom stereocenters. The first-order valence-corrected chi connectivity index (χ1v) is 7.00. The molecule has 1 saturated carbocycles. The Morgan fingerprint density at radius 1 is 1.22 bits per heavy atom. The lowest BCUT2D eigenvalue weighted by atomic mass is 9.75. The lowest BCUT2D eigenvalue weighted by molar-refractivity contribution is 0.299. The number of nitrogens with two attached hydrogens (primary N) is 1. The van der Waals surface area contributed by atoms with Crippen LogP contribution in [0.3, 0.4) is 0 Å². The lowest BCUT2D eigenvalue weighted by Crippen LogP contribution is -2.39. The Hall–Kier alpha value is -0.730. The molecule has 0 heterocycles. The maximum Gasteiger partial charge on any atom is 0.125 e. The van der Waals surface area contributed by atoms with Crippen LogP contribution in [-0.4, -0.2) is 7.11 Å². The zero-order valence-corrected chi connectivity index (χ0v) is 12.2. The van der Waals surface area contributed by atoms with Gasteiger partial charge in [-0.25, -0.2) is 0 Å². The third-order valence-corrected chi connectivity index (χ3v) is 4.40. The fraction of sp³-hybridized carbons (Fsp3) is 0.600. The summed E-state index contributed by atoms with van der Waals surface area (Å²) in [5, 5.41) is 0.787. The lowest BCUT2D eigenvalue weighted by Gasteiger charge is -2.36. The second-order valence-electron chi connectivity index (χ2n) is 5.43. The molecule has 1 aliphatic rings. The minimum atomic E-state index is -0.277. The molecule has 100 valence electrons. The summed E-state index contributed by atoms with van der Waals surface area (Å²) in [4.78, 5) is 0. The Balaban J connectivity index is 2.56. The number of rotatable bonds is 2. The Bertz CT molecular complexity index is 450. The predicted octanol–water partition coefficient (Wildman–Crippen LogP) is 4.08. The molecule has 3 heteroatoms. The average Bonchev–Trinajstić information content (AvgIpc) is 2.29. The van der Waals surface area contributed by atoms with Crippen LogP contribution in [0.4, 0.5) is 0 Å². The summed E-state index contributed by atoms with van der Waals surface area (Å²) < 4.78 is 5.49. The molecule has 2 nitrogen and oxygen atoms in total. The third-order valence-electron chi connectivity index (χ3n) is 4.10. The van der Waals surface area contributed by atoms with Crippen molar-refractivity contribution in [2.75, 3.05) is 7.11 Å². The SMILES string of the molecule is COc1c(C)cc(Cl)c(C2(N)CCCCC2)c1C. The highest BCUT2D eigenvalue weighted by Crippen LogP contribution is 2.43. The molecule has 1 aromatic rings. The van der Waals surface area contributed by atoms with E-state index in [9.17, 15) is 0 Å². The molecular weight excluding hydrogens is 246 g/mol. The molecule has 0 radical (unpaired) electrons. The van der Waals surface area contributed by atoms with Crippen molar-refractivity contribution in [3.05, 3.63) is 27.8 Å². The van der Waals surface area contributed by atoms with Crippen LogP contribution in [0.25, 0.3) is 0 Å². The summed E-state index contributed by atoms with van der Waals surface area (Å²) in [6, 6.07) is 1.98. The van der Waals surface area contributed by atoms with Gasteiger partial charge in [0.2, 0.25) is 0 Å². The van der Waals surface area contributed by atoms with Gasteiger partial charge in [0.1, 0.15) is 5.75 Å². The van der Waals surface area contributed by atoms with Crippen LogP contribution >= 0.6 is 11.6 Å². The van der Waals surface area contributed by atoms with Crippen molar-refractivity contribution in [3.63, 3.8) is 0 Å². The largest absolute Gasteiger partial charge is 0.496 e. The highest BCUT2D eigenvalue weighted by molar-refractivity contribution is 6.31. The molecule has 0 aliphatic heterocycles. The highest BCUT2D eigenvalue weighted by Gasteiger charge is 2.34. The number of benzene rings is 1. The molecule has 0 atom stereocenters. The maximum absolute atomic E-state index is 6.62. The van der Waals surface area contributed by atoms with Crippen LogP contribution in [0.1, 0.15) is 48.8 Å². The van der Waals surface area contributed by atoms with Gasteiger partial charge in [-0.05, 0) is 49.4 Å². The molecule has 18 heavy (non-hydrogen) atoms. The fourth-order valence-corrected chi connectivity index (χ4v) is 3.77. The van der Waals surface area contributed by atoms with Gasteiger partial charge in [0.05, 0.1) is 7.11 Å². The topological polar surface area (TPSA) is 35.2 Å². The second kappa shape index (κ2) is 5.10. The number of halogens is 1. The predicted molar refractivity (Wildman–Crippen MR) is 76.4 cm³/mol. The van der Waals surface area contributed by atoms with Crippen molar-refractivity contribution in [2.24, 2.45) is 5.73 Å². The normalized spacial score (nSPS) is 18.7. The van der Waals surface area contributed by atoms with Gasteiger partial charge in [-0.2, -0.15) is 0 Å². The summed E-state index contributed by atoms with van der Waals surface area (Å²) in [5.74, 6) is 0.921. The molecule has 2 rings (SSSR count). The molecule has 1 aliphatic carbocycles. The average molecular weight is 268 g/mol. The minimum Gasteiger partial charge on any atom is -0.496 e. The van der Waals surface area contributed by atoms with E-state index >= 15 is 0 Å². The van der Waals surface area contributed by atoms with E-state index in [1.54, 1.807) is 7.11 Å². The standard InChI is InChI=1S/C15H22ClNO/c1-10-9-12(16)13(11(2)14(10)18-3)15(17)7-5-4-6-8-15/h9H,4-8,17H2,1-3H3. The van der Waals surface area contributed by atoms with Crippen LogP contribution in [-0.2, 0) is 5.54 Å². The van der Waals surface area contributed by atoms with Crippen LogP contribution < -0.4 is 10.5 Å². The maximum atomic E-state index is 6.62. The van der Waals surface area contributed by atoms with Gasteiger partial charge in [-0.15, -0.1) is 0 Å². The Labute approximate surface area is 114 Å². The quantitative estimate of drug-likeness (QED) is 0.876. The number of aryl methyl sites for hydroxylation is 1. The number of methoxy groups -OCH3 is 1. The van der Waals surface area contributed by atoms with Gasteiger partial charge >= 0.3 is 0 Å². The highest BCUT2D eigenvalue weighted by atomic mass is 35.5. The van der Waals surface area contributed by atoms with E-state index in [1.165, 1.54) is 19.3 Å². The second-order valence-corrected chi connectivity index (χ2v) is 5.83. The van der Waals surface area contributed by atoms with E-state index in [1.807, 2.05) is 13.0 Å². The molecule has 2 N–H and O–H groups in total. The molecule has 1 aromatic carbocycles. The van der Waals surface area contributed by atoms with Gasteiger partial charge in [-0.1, -0.05) is 30.9 Å². The van der Waals surface area contributed by atoms with Crippen molar-refractivity contribution < 1.29 is 4.74 Å². The van der Waals surface area contributed by atoms with E-state index in [4.69, 9.17) is 22.1 Å². The van der Waals surface area contributed by atoms with Crippen LogP contribution in [0.5, 0.6) is 5.75 Å². The first kappa shape index (κ1) is 13.7. The number of hydrogen-bond donors (Lipinski definition) is 1. The van der Waals surface area contributed by atoms with Gasteiger partial charge in [0.15, 0.2) is 0 Å². The molecule has 0 aromatic heterocycles. The first-order chi connectivity index (χ1) is 8.49. The fourth-order valence-electron chi connectivity index (χ4n) is 3.27.